The van der Waals surface area contributed by atoms with Crippen LogP contribution in [0.1, 0.15) is 22.4 Å². The van der Waals surface area contributed by atoms with Crippen molar-refractivity contribution in [2.45, 2.75) is 25.7 Å². The Labute approximate surface area is 190 Å². The molecule has 0 fully saturated rings. The molecule has 174 valence electrons. The zero-order chi connectivity index (χ0) is 24.0. The highest BCUT2D eigenvalue weighted by Crippen LogP contribution is 2.32. The van der Waals surface area contributed by atoms with Crippen molar-refractivity contribution < 1.29 is 18.1 Å². The third-order valence-electron chi connectivity index (χ3n) is 5.99. The first-order valence-electron chi connectivity index (χ1n) is 10.5. The fourth-order valence-corrected chi connectivity index (χ4v) is 4.34. The van der Waals surface area contributed by atoms with Crippen LogP contribution in [0, 0.1) is 10.1 Å². The number of nitrogens with zero attached hydrogens (tertiary/aromatic N) is 3. The van der Waals surface area contributed by atoms with Crippen molar-refractivity contribution in [3.63, 3.8) is 0 Å². The standard InChI is InChI=1S/C23H18F3N5O3/c24-23(25,26)15-6-4-13(5-7-15)21-28-18-12-30(9-8-16(18)22(32)29-21)11-14-10-27-17-2-1-3-19(20(14)17)31(33)34/h1-7,10,27H,8-9,11-12H2,(H,28,29,32). The molecule has 0 saturated heterocycles. The Morgan fingerprint density at radius 1 is 1.15 bits per heavy atom. The molecule has 0 aliphatic carbocycles. The van der Waals surface area contributed by atoms with Crippen LogP contribution in [0.15, 0.2) is 53.5 Å². The van der Waals surface area contributed by atoms with E-state index in [4.69, 9.17) is 0 Å². The molecule has 4 aromatic rings. The lowest BCUT2D eigenvalue weighted by Gasteiger charge is -2.27. The van der Waals surface area contributed by atoms with Crippen LogP contribution in [0.5, 0.6) is 0 Å². The molecule has 0 radical (unpaired) electrons. The van der Waals surface area contributed by atoms with E-state index in [1.165, 1.54) is 18.2 Å². The average molecular weight is 469 g/mol. The third-order valence-corrected chi connectivity index (χ3v) is 5.99. The molecule has 11 heteroatoms. The minimum absolute atomic E-state index is 0.0188. The monoisotopic (exact) mass is 469 g/mol. The lowest BCUT2D eigenvalue weighted by molar-refractivity contribution is -0.383. The maximum absolute atomic E-state index is 12.9. The maximum atomic E-state index is 12.9. The summed E-state index contributed by atoms with van der Waals surface area (Å²) < 4.78 is 38.6. The summed E-state index contributed by atoms with van der Waals surface area (Å²) in [6.07, 6.45) is -2.27. The van der Waals surface area contributed by atoms with Gasteiger partial charge in [0.05, 0.1) is 27.1 Å². The van der Waals surface area contributed by atoms with Crippen molar-refractivity contribution in [1.82, 2.24) is 19.9 Å². The number of aromatic amines is 2. The third kappa shape index (κ3) is 3.94. The molecule has 2 aromatic heterocycles. The van der Waals surface area contributed by atoms with E-state index in [9.17, 15) is 28.1 Å². The summed E-state index contributed by atoms with van der Waals surface area (Å²) in [6, 6.07) is 9.31. The Kier molecular flexibility index (Phi) is 5.20. The number of nitro benzene ring substituents is 1. The summed E-state index contributed by atoms with van der Waals surface area (Å²) >= 11 is 0. The summed E-state index contributed by atoms with van der Waals surface area (Å²) in [5, 5.41) is 12.0. The lowest BCUT2D eigenvalue weighted by atomic mass is 10.0. The molecule has 0 unspecified atom stereocenters. The number of fused-ring (bicyclic) bond motifs is 2. The number of rotatable bonds is 4. The molecule has 0 bridgehead atoms. The quantitative estimate of drug-likeness (QED) is 0.340. The zero-order valence-corrected chi connectivity index (χ0v) is 17.6. The second-order valence-corrected chi connectivity index (χ2v) is 8.15. The van der Waals surface area contributed by atoms with Gasteiger partial charge in [0.2, 0.25) is 0 Å². The lowest BCUT2D eigenvalue weighted by Crippen LogP contribution is -2.35. The van der Waals surface area contributed by atoms with Crippen LogP contribution in [0.4, 0.5) is 18.9 Å². The van der Waals surface area contributed by atoms with E-state index in [1.54, 1.807) is 18.3 Å². The first kappa shape index (κ1) is 21.8. The minimum atomic E-state index is -4.45. The van der Waals surface area contributed by atoms with Gasteiger partial charge in [-0.3, -0.25) is 19.8 Å². The van der Waals surface area contributed by atoms with Gasteiger partial charge in [-0.1, -0.05) is 18.2 Å². The van der Waals surface area contributed by atoms with Crippen molar-refractivity contribution in [2.75, 3.05) is 6.54 Å². The fraction of sp³-hybridized carbons (Fsp3) is 0.217. The number of nitro groups is 1. The van der Waals surface area contributed by atoms with Gasteiger partial charge in [-0.25, -0.2) is 4.98 Å². The number of halogens is 3. The second kappa shape index (κ2) is 8.10. The summed E-state index contributed by atoms with van der Waals surface area (Å²) in [5.41, 5.74) is 1.80. The Morgan fingerprint density at radius 2 is 1.91 bits per heavy atom. The minimum Gasteiger partial charge on any atom is -0.361 e. The Bertz CT molecular complexity index is 1460. The Hall–Kier alpha value is -3.99. The van der Waals surface area contributed by atoms with Gasteiger partial charge in [-0.2, -0.15) is 13.2 Å². The van der Waals surface area contributed by atoms with Crippen LogP contribution >= 0.6 is 0 Å². The molecule has 2 N–H and O–H groups in total. The van der Waals surface area contributed by atoms with Crippen LogP contribution in [-0.2, 0) is 25.7 Å². The molecule has 0 atom stereocenters. The normalized spacial score (nSPS) is 14.3. The topological polar surface area (TPSA) is 108 Å². The van der Waals surface area contributed by atoms with Crippen molar-refractivity contribution in [3.05, 3.63) is 91.5 Å². The average Bonchev–Trinajstić information content (AvgIpc) is 3.21. The van der Waals surface area contributed by atoms with Crippen LogP contribution < -0.4 is 5.56 Å². The van der Waals surface area contributed by atoms with E-state index >= 15 is 0 Å². The molecule has 3 heterocycles. The zero-order valence-electron chi connectivity index (χ0n) is 17.6. The Morgan fingerprint density at radius 3 is 2.62 bits per heavy atom. The van der Waals surface area contributed by atoms with E-state index in [0.717, 1.165) is 17.7 Å². The van der Waals surface area contributed by atoms with Gasteiger partial charge in [0.1, 0.15) is 5.82 Å². The van der Waals surface area contributed by atoms with Gasteiger partial charge in [0.25, 0.3) is 11.2 Å². The number of hydrogen-bond acceptors (Lipinski definition) is 5. The van der Waals surface area contributed by atoms with Gasteiger partial charge < -0.3 is 9.97 Å². The molecule has 1 aliphatic rings. The number of aromatic nitrogens is 3. The number of benzene rings is 2. The SMILES string of the molecule is O=c1[nH]c(-c2ccc(C(F)(F)F)cc2)nc2c1CCN(Cc1c[nH]c3cccc([N+](=O)[O-])c13)C2. The van der Waals surface area contributed by atoms with Crippen LogP contribution in [0.3, 0.4) is 0 Å². The highest BCUT2D eigenvalue weighted by Gasteiger charge is 2.30. The van der Waals surface area contributed by atoms with E-state index in [0.29, 0.717) is 53.8 Å². The second-order valence-electron chi connectivity index (χ2n) is 8.15. The van der Waals surface area contributed by atoms with Crippen LogP contribution in [-0.4, -0.2) is 31.3 Å². The predicted molar refractivity (Wildman–Crippen MR) is 118 cm³/mol. The van der Waals surface area contributed by atoms with Gasteiger partial charge in [0, 0.05) is 43.0 Å². The van der Waals surface area contributed by atoms with E-state index in [2.05, 4.69) is 15.0 Å². The van der Waals surface area contributed by atoms with Gasteiger partial charge in [0.15, 0.2) is 0 Å². The highest BCUT2D eigenvalue weighted by molar-refractivity contribution is 5.91. The first-order chi connectivity index (χ1) is 16.2. The van der Waals surface area contributed by atoms with Crippen molar-refractivity contribution >= 4 is 16.6 Å². The van der Waals surface area contributed by atoms with Crippen LogP contribution in [0.25, 0.3) is 22.3 Å². The smallest absolute Gasteiger partial charge is 0.361 e. The molecule has 0 spiro atoms. The molecular formula is C23H18F3N5O3. The molecule has 8 nitrogen and oxygen atoms in total. The van der Waals surface area contributed by atoms with E-state index < -0.39 is 16.7 Å². The predicted octanol–water partition coefficient (Wildman–Crippen LogP) is 4.40. The molecular weight excluding hydrogens is 451 g/mol. The number of non-ortho nitro benzene ring substituents is 1. The van der Waals surface area contributed by atoms with Crippen molar-refractivity contribution in [2.24, 2.45) is 0 Å². The maximum Gasteiger partial charge on any atom is 0.416 e. The summed E-state index contributed by atoms with van der Waals surface area (Å²) in [5.74, 6) is 0.196. The summed E-state index contributed by atoms with van der Waals surface area (Å²) in [7, 11) is 0. The summed E-state index contributed by atoms with van der Waals surface area (Å²) in [4.78, 5) is 36.0. The summed E-state index contributed by atoms with van der Waals surface area (Å²) in [6.45, 7) is 1.30. The molecule has 1 aliphatic heterocycles. The largest absolute Gasteiger partial charge is 0.416 e. The van der Waals surface area contributed by atoms with Gasteiger partial charge >= 0.3 is 6.18 Å². The molecule has 0 amide bonds. The van der Waals surface area contributed by atoms with E-state index in [1.807, 2.05) is 4.90 Å². The number of hydrogen-bond donors (Lipinski definition) is 2. The van der Waals surface area contributed by atoms with Gasteiger partial charge in [-0.15, -0.1) is 0 Å². The van der Waals surface area contributed by atoms with Crippen molar-refractivity contribution in [1.29, 1.82) is 0 Å². The number of nitrogens with one attached hydrogen (secondary N) is 2. The Balaban J connectivity index is 1.43. The van der Waals surface area contributed by atoms with Crippen LogP contribution in [0.2, 0.25) is 0 Å². The first-order valence-corrected chi connectivity index (χ1v) is 10.5. The number of alkyl halides is 3. The molecule has 2 aromatic carbocycles. The van der Waals surface area contributed by atoms with E-state index in [-0.39, 0.29) is 17.1 Å². The molecule has 5 rings (SSSR count). The van der Waals surface area contributed by atoms with Gasteiger partial charge in [-0.05, 0) is 30.2 Å². The molecule has 0 saturated carbocycles. The fourth-order valence-electron chi connectivity index (χ4n) is 4.34. The van der Waals surface area contributed by atoms with Crippen molar-refractivity contribution in [3.8, 4) is 11.4 Å². The highest BCUT2D eigenvalue weighted by atomic mass is 19.4. The number of H-pyrrole nitrogens is 2. The molecule has 34 heavy (non-hydrogen) atoms.